The van der Waals surface area contributed by atoms with E-state index in [1.807, 2.05) is 6.07 Å². The molecule has 2 rings (SSSR count). The Balaban J connectivity index is 2.03. The molecule has 0 saturated carbocycles. The second-order valence-corrected chi connectivity index (χ2v) is 4.67. The standard InChI is InChI=1S/C13H22N4O/c1-2-8-18-12-4-3-7-17(10-12)13-11(9-14)5-6-15-16-13/h5-6,12H,2-4,7-10,14H2,1H3. The molecule has 2 heterocycles. The van der Waals surface area contributed by atoms with Gasteiger partial charge < -0.3 is 15.4 Å². The lowest BCUT2D eigenvalue weighted by atomic mass is 10.1. The van der Waals surface area contributed by atoms with Gasteiger partial charge in [-0.2, -0.15) is 5.10 Å². The van der Waals surface area contributed by atoms with Crippen molar-refractivity contribution in [3.63, 3.8) is 0 Å². The van der Waals surface area contributed by atoms with Crippen molar-refractivity contribution in [3.8, 4) is 0 Å². The molecule has 0 amide bonds. The molecule has 1 saturated heterocycles. The normalized spacial score (nSPS) is 20.1. The number of nitrogens with zero attached hydrogens (tertiary/aromatic N) is 3. The second kappa shape index (κ2) is 6.66. The number of piperidine rings is 1. The summed E-state index contributed by atoms with van der Waals surface area (Å²) in [4.78, 5) is 2.25. The Labute approximate surface area is 108 Å². The summed E-state index contributed by atoms with van der Waals surface area (Å²) in [5.41, 5.74) is 6.80. The number of anilines is 1. The number of rotatable bonds is 5. The smallest absolute Gasteiger partial charge is 0.155 e. The van der Waals surface area contributed by atoms with E-state index in [-0.39, 0.29) is 0 Å². The Morgan fingerprint density at radius 2 is 2.44 bits per heavy atom. The van der Waals surface area contributed by atoms with E-state index in [4.69, 9.17) is 10.5 Å². The molecule has 2 N–H and O–H groups in total. The minimum Gasteiger partial charge on any atom is -0.376 e. The Hall–Kier alpha value is -1.20. The lowest BCUT2D eigenvalue weighted by Crippen LogP contribution is -2.41. The molecule has 1 atom stereocenters. The van der Waals surface area contributed by atoms with Gasteiger partial charge in [-0.05, 0) is 25.3 Å². The van der Waals surface area contributed by atoms with Crippen molar-refractivity contribution in [2.45, 2.75) is 38.8 Å². The Kier molecular flexibility index (Phi) is 4.90. The van der Waals surface area contributed by atoms with Crippen LogP contribution in [0.15, 0.2) is 12.3 Å². The summed E-state index contributed by atoms with van der Waals surface area (Å²) >= 11 is 0. The van der Waals surface area contributed by atoms with E-state index < -0.39 is 0 Å². The molecule has 0 radical (unpaired) electrons. The van der Waals surface area contributed by atoms with Crippen LogP contribution in [0.5, 0.6) is 0 Å². The summed E-state index contributed by atoms with van der Waals surface area (Å²) in [6.45, 7) is 5.38. The van der Waals surface area contributed by atoms with Crippen molar-refractivity contribution in [2.75, 3.05) is 24.6 Å². The average Bonchev–Trinajstić information content (AvgIpc) is 2.45. The van der Waals surface area contributed by atoms with Gasteiger partial charge in [0.15, 0.2) is 5.82 Å². The van der Waals surface area contributed by atoms with Crippen molar-refractivity contribution in [2.24, 2.45) is 5.73 Å². The maximum absolute atomic E-state index is 5.84. The number of hydrogen-bond donors (Lipinski definition) is 1. The molecule has 0 aromatic carbocycles. The first-order chi connectivity index (χ1) is 8.85. The molecule has 5 heteroatoms. The quantitative estimate of drug-likeness (QED) is 0.854. The highest BCUT2D eigenvalue weighted by Crippen LogP contribution is 2.22. The fourth-order valence-corrected chi connectivity index (χ4v) is 2.33. The molecule has 1 aliphatic rings. The molecule has 5 nitrogen and oxygen atoms in total. The molecule has 1 fully saturated rings. The van der Waals surface area contributed by atoms with E-state index in [2.05, 4.69) is 22.0 Å². The topological polar surface area (TPSA) is 64.3 Å². The first-order valence-electron chi connectivity index (χ1n) is 6.72. The van der Waals surface area contributed by atoms with Crippen LogP contribution in [0.2, 0.25) is 0 Å². The highest BCUT2D eigenvalue weighted by Gasteiger charge is 2.22. The van der Waals surface area contributed by atoms with Crippen LogP contribution in [-0.2, 0) is 11.3 Å². The molecular formula is C13H22N4O. The lowest BCUT2D eigenvalue weighted by molar-refractivity contribution is 0.0438. The van der Waals surface area contributed by atoms with Crippen molar-refractivity contribution >= 4 is 5.82 Å². The molecule has 0 spiro atoms. The monoisotopic (exact) mass is 250 g/mol. The van der Waals surface area contributed by atoms with Crippen molar-refractivity contribution in [3.05, 3.63) is 17.8 Å². The zero-order valence-electron chi connectivity index (χ0n) is 11.0. The molecule has 0 aliphatic carbocycles. The van der Waals surface area contributed by atoms with Crippen LogP contribution >= 0.6 is 0 Å². The SMILES string of the molecule is CCCOC1CCCN(c2nnccc2CN)C1. The summed E-state index contributed by atoms with van der Waals surface area (Å²) in [6.07, 6.45) is 5.34. The van der Waals surface area contributed by atoms with Gasteiger partial charge in [0.2, 0.25) is 0 Å². The van der Waals surface area contributed by atoms with Gasteiger partial charge in [-0.15, -0.1) is 5.10 Å². The van der Waals surface area contributed by atoms with E-state index >= 15 is 0 Å². The second-order valence-electron chi connectivity index (χ2n) is 4.67. The molecular weight excluding hydrogens is 228 g/mol. The minimum absolute atomic E-state index is 0.311. The molecule has 1 aliphatic heterocycles. The van der Waals surface area contributed by atoms with E-state index in [0.29, 0.717) is 12.6 Å². The van der Waals surface area contributed by atoms with Gasteiger partial charge in [0, 0.05) is 31.8 Å². The maximum Gasteiger partial charge on any atom is 0.155 e. The van der Waals surface area contributed by atoms with Gasteiger partial charge in [-0.3, -0.25) is 0 Å². The van der Waals surface area contributed by atoms with Crippen LogP contribution in [0.4, 0.5) is 5.82 Å². The van der Waals surface area contributed by atoms with Gasteiger partial charge in [0.25, 0.3) is 0 Å². The maximum atomic E-state index is 5.84. The fourth-order valence-electron chi connectivity index (χ4n) is 2.33. The summed E-state index contributed by atoms with van der Waals surface area (Å²) in [7, 11) is 0. The third kappa shape index (κ3) is 3.17. The Bertz CT molecular complexity index is 372. The summed E-state index contributed by atoms with van der Waals surface area (Å²) in [5, 5.41) is 8.20. The van der Waals surface area contributed by atoms with Crippen LogP contribution in [0, 0.1) is 0 Å². The third-order valence-electron chi connectivity index (χ3n) is 3.24. The average molecular weight is 250 g/mol. The van der Waals surface area contributed by atoms with Crippen molar-refractivity contribution in [1.29, 1.82) is 0 Å². The zero-order valence-corrected chi connectivity index (χ0v) is 11.0. The van der Waals surface area contributed by atoms with Gasteiger partial charge in [0.05, 0.1) is 12.3 Å². The van der Waals surface area contributed by atoms with E-state index in [1.165, 1.54) is 0 Å². The number of aromatic nitrogens is 2. The molecule has 1 aromatic heterocycles. The summed E-state index contributed by atoms with van der Waals surface area (Å²) in [6, 6.07) is 1.94. The molecule has 1 unspecified atom stereocenters. The molecule has 100 valence electrons. The minimum atomic E-state index is 0.311. The molecule has 0 bridgehead atoms. The van der Waals surface area contributed by atoms with Gasteiger partial charge in [-0.1, -0.05) is 6.92 Å². The van der Waals surface area contributed by atoms with E-state index in [9.17, 15) is 0 Å². The van der Waals surface area contributed by atoms with Crippen molar-refractivity contribution < 1.29 is 4.74 Å². The first kappa shape index (κ1) is 13.2. The van der Waals surface area contributed by atoms with Crippen LogP contribution in [0.25, 0.3) is 0 Å². The number of hydrogen-bond acceptors (Lipinski definition) is 5. The van der Waals surface area contributed by atoms with Crippen LogP contribution < -0.4 is 10.6 Å². The Morgan fingerprint density at radius 3 is 3.22 bits per heavy atom. The highest BCUT2D eigenvalue weighted by atomic mass is 16.5. The fraction of sp³-hybridized carbons (Fsp3) is 0.692. The van der Waals surface area contributed by atoms with Crippen LogP contribution in [0.3, 0.4) is 0 Å². The lowest BCUT2D eigenvalue weighted by Gasteiger charge is -2.34. The largest absolute Gasteiger partial charge is 0.376 e. The third-order valence-corrected chi connectivity index (χ3v) is 3.24. The first-order valence-corrected chi connectivity index (χ1v) is 6.72. The predicted molar refractivity (Wildman–Crippen MR) is 71.4 cm³/mol. The Morgan fingerprint density at radius 1 is 1.56 bits per heavy atom. The van der Waals surface area contributed by atoms with Gasteiger partial charge in [0.1, 0.15) is 0 Å². The van der Waals surface area contributed by atoms with Crippen LogP contribution in [0.1, 0.15) is 31.7 Å². The van der Waals surface area contributed by atoms with Crippen molar-refractivity contribution in [1.82, 2.24) is 10.2 Å². The van der Waals surface area contributed by atoms with Gasteiger partial charge in [-0.25, -0.2) is 0 Å². The number of ether oxygens (including phenoxy) is 1. The zero-order chi connectivity index (χ0) is 12.8. The van der Waals surface area contributed by atoms with E-state index in [1.54, 1.807) is 6.20 Å². The summed E-state index contributed by atoms with van der Waals surface area (Å²) < 4.78 is 5.84. The summed E-state index contributed by atoms with van der Waals surface area (Å²) in [5.74, 6) is 0.921. The molecule has 1 aromatic rings. The van der Waals surface area contributed by atoms with Crippen LogP contribution in [-0.4, -0.2) is 36.0 Å². The predicted octanol–water partition coefficient (Wildman–Crippen LogP) is 1.33. The molecule has 18 heavy (non-hydrogen) atoms. The van der Waals surface area contributed by atoms with Gasteiger partial charge >= 0.3 is 0 Å². The van der Waals surface area contributed by atoms with E-state index in [0.717, 1.165) is 50.3 Å². The highest BCUT2D eigenvalue weighted by molar-refractivity contribution is 5.46. The number of nitrogens with two attached hydrogens (primary N) is 1.